The molecular formula is C24H26N6O3. The zero-order valence-corrected chi connectivity index (χ0v) is 18.7. The van der Waals surface area contributed by atoms with Crippen LogP contribution >= 0.6 is 0 Å². The zero-order chi connectivity index (χ0) is 22.8. The van der Waals surface area contributed by atoms with Crippen molar-refractivity contribution in [1.82, 2.24) is 30.1 Å². The van der Waals surface area contributed by atoms with Crippen molar-refractivity contribution in [1.29, 1.82) is 0 Å². The van der Waals surface area contributed by atoms with Crippen molar-refractivity contribution in [2.75, 3.05) is 33.4 Å². The van der Waals surface area contributed by atoms with E-state index >= 15 is 0 Å². The predicted octanol–water partition coefficient (Wildman–Crippen LogP) is 2.30. The highest BCUT2D eigenvalue weighted by Gasteiger charge is 2.31. The lowest BCUT2D eigenvalue weighted by Crippen LogP contribution is -2.42. The summed E-state index contributed by atoms with van der Waals surface area (Å²) in [7, 11) is 1.64. The van der Waals surface area contributed by atoms with Gasteiger partial charge in [0.1, 0.15) is 11.8 Å². The Morgan fingerprint density at radius 2 is 1.91 bits per heavy atom. The summed E-state index contributed by atoms with van der Waals surface area (Å²) in [6, 6.07) is 15.4. The number of nitrogens with one attached hydrogen (secondary N) is 1. The number of H-pyrrole nitrogens is 1. The summed E-state index contributed by atoms with van der Waals surface area (Å²) in [6.45, 7) is 5.06. The molecule has 0 unspecified atom stereocenters. The van der Waals surface area contributed by atoms with E-state index in [-0.39, 0.29) is 5.56 Å². The fraction of sp³-hybridized carbons (Fsp3) is 0.333. The second-order valence-corrected chi connectivity index (χ2v) is 8.24. The van der Waals surface area contributed by atoms with Gasteiger partial charge in [0.2, 0.25) is 0 Å². The number of aromatic nitrogens is 5. The molecule has 1 fully saturated rings. The molecule has 170 valence electrons. The first-order valence-corrected chi connectivity index (χ1v) is 11.0. The first-order valence-electron chi connectivity index (χ1n) is 11.0. The summed E-state index contributed by atoms with van der Waals surface area (Å²) in [5, 5.41) is 13.6. The average Bonchev–Trinajstić information content (AvgIpc) is 3.28. The molecule has 0 spiro atoms. The highest BCUT2D eigenvalue weighted by Crippen LogP contribution is 2.28. The molecule has 0 saturated carbocycles. The van der Waals surface area contributed by atoms with E-state index in [9.17, 15) is 4.79 Å². The molecule has 2 aromatic heterocycles. The van der Waals surface area contributed by atoms with Crippen molar-refractivity contribution in [3.05, 3.63) is 81.4 Å². The minimum Gasteiger partial charge on any atom is -0.497 e. The van der Waals surface area contributed by atoms with Gasteiger partial charge in [0.25, 0.3) is 5.56 Å². The zero-order valence-electron chi connectivity index (χ0n) is 18.7. The molecule has 1 N–H and O–H groups in total. The van der Waals surface area contributed by atoms with E-state index in [1.807, 2.05) is 55.5 Å². The van der Waals surface area contributed by atoms with Gasteiger partial charge in [0, 0.05) is 24.2 Å². The van der Waals surface area contributed by atoms with Crippen LogP contribution in [0.1, 0.15) is 28.6 Å². The van der Waals surface area contributed by atoms with Crippen molar-refractivity contribution in [3.63, 3.8) is 0 Å². The Balaban J connectivity index is 1.58. The third-order valence-corrected chi connectivity index (χ3v) is 6.03. The summed E-state index contributed by atoms with van der Waals surface area (Å²) < 4.78 is 12.6. The number of methoxy groups -OCH3 is 1. The molecule has 9 heteroatoms. The van der Waals surface area contributed by atoms with E-state index in [1.54, 1.807) is 11.8 Å². The van der Waals surface area contributed by atoms with Crippen molar-refractivity contribution in [2.24, 2.45) is 0 Å². The Kier molecular flexibility index (Phi) is 5.89. The lowest BCUT2D eigenvalue weighted by Gasteiger charge is -2.33. The topological polar surface area (TPSA) is 98.2 Å². The number of benzene rings is 2. The van der Waals surface area contributed by atoms with E-state index < -0.39 is 6.04 Å². The van der Waals surface area contributed by atoms with Crippen LogP contribution in [-0.2, 0) is 11.3 Å². The molecular weight excluding hydrogens is 420 g/mol. The summed E-state index contributed by atoms with van der Waals surface area (Å²) in [6.07, 6.45) is 0. The van der Waals surface area contributed by atoms with Crippen LogP contribution in [0.2, 0.25) is 0 Å². The van der Waals surface area contributed by atoms with Gasteiger partial charge in [-0.1, -0.05) is 24.3 Å². The fourth-order valence-electron chi connectivity index (χ4n) is 4.29. The van der Waals surface area contributed by atoms with Crippen molar-refractivity contribution < 1.29 is 9.47 Å². The third kappa shape index (κ3) is 4.37. The highest BCUT2D eigenvalue weighted by atomic mass is 16.5. The minimum atomic E-state index is -0.392. The Hall–Kier alpha value is -3.56. The second kappa shape index (κ2) is 9.13. The molecule has 2 aromatic carbocycles. The van der Waals surface area contributed by atoms with Gasteiger partial charge >= 0.3 is 0 Å². The molecule has 1 aliphatic heterocycles. The Morgan fingerprint density at radius 1 is 1.12 bits per heavy atom. The van der Waals surface area contributed by atoms with Crippen LogP contribution in [0.15, 0.2) is 53.3 Å². The Morgan fingerprint density at radius 3 is 2.67 bits per heavy atom. The number of nitrogens with zero attached hydrogens (tertiary/aromatic N) is 5. The SMILES string of the molecule is COc1ccc(Cn2nnnc2[C@@H](c2cc3ccc(C)cc3[nH]c2=O)N2CCOCC2)cc1. The average molecular weight is 447 g/mol. The van der Waals surface area contributed by atoms with E-state index in [0.717, 1.165) is 27.8 Å². The Labute approximate surface area is 190 Å². The largest absolute Gasteiger partial charge is 0.497 e. The summed E-state index contributed by atoms with van der Waals surface area (Å²) in [5.41, 5.74) is 3.44. The quantitative estimate of drug-likeness (QED) is 0.485. The monoisotopic (exact) mass is 446 g/mol. The highest BCUT2D eigenvalue weighted by molar-refractivity contribution is 5.79. The fourth-order valence-corrected chi connectivity index (χ4v) is 4.29. The number of aromatic amines is 1. The maximum absolute atomic E-state index is 13.3. The first kappa shape index (κ1) is 21.3. The van der Waals surface area contributed by atoms with Gasteiger partial charge in [-0.15, -0.1) is 5.10 Å². The van der Waals surface area contributed by atoms with Crippen LogP contribution in [0.3, 0.4) is 0 Å². The van der Waals surface area contributed by atoms with E-state index in [4.69, 9.17) is 9.47 Å². The number of hydrogen-bond acceptors (Lipinski definition) is 7. The number of fused-ring (bicyclic) bond motifs is 1. The van der Waals surface area contributed by atoms with Crippen LogP contribution in [0.4, 0.5) is 0 Å². The normalized spacial score (nSPS) is 15.6. The molecule has 5 rings (SSSR count). The van der Waals surface area contributed by atoms with Crippen LogP contribution in [0.5, 0.6) is 5.75 Å². The number of tetrazole rings is 1. The number of hydrogen-bond donors (Lipinski definition) is 1. The maximum atomic E-state index is 13.3. The number of aryl methyl sites for hydroxylation is 1. The first-order chi connectivity index (χ1) is 16.1. The summed E-state index contributed by atoms with van der Waals surface area (Å²) in [4.78, 5) is 18.5. The molecule has 3 heterocycles. The van der Waals surface area contributed by atoms with Gasteiger partial charge in [0.05, 0.1) is 26.9 Å². The van der Waals surface area contributed by atoms with Crippen LogP contribution < -0.4 is 10.3 Å². The number of rotatable bonds is 6. The van der Waals surface area contributed by atoms with Gasteiger partial charge in [-0.3, -0.25) is 9.69 Å². The minimum absolute atomic E-state index is 0.136. The molecule has 0 radical (unpaired) electrons. The van der Waals surface area contributed by atoms with Gasteiger partial charge in [-0.05, 0) is 58.1 Å². The Bertz CT molecular complexity index is 1310. The molecule has 1 atom stereocenters. The maximum Gasteiger partial charge on any atom is 0.253 e. The number of pyridine rings is 1. The van der Waals surface area contributed by atoms with Crippen molar-refractivity contribution in [2.45, 2.75) is 19.5 Å². The lowest BCUT2D eigenvalue weighted by molar-refractivity contribution is 0.0214. The predicted molar refractivity (Wildman–Crippen MR) is 123 cm³/mol. The van der Waals surface area contributed by atoms with E-state index in [0.29, 0.717) is 44.2 Å². The number of morpholine rings is 1. The van der Waals surface area contributed by atoms with Crippen LogP contribution in [-0.4, -0.2) is 63.5 Å². The molecule has 0 aliphatic carbocycles. The van der Waals surface area contributed by atoms with Crippen molar-refractivity contribution in [3.8, 4) is 5.75 Å². The second-order valence-electron chi connectivity index (χ2n) is 8.24. The van der Waals surface area contributed by atoms with E-state index in [2.05, 4.69) is 25.4 Å². The van der Waals surface area contributed by atoms with Gasteiger partial charge in [-0.25, -0.2) is 4.68 Å². The summed E-state index contributed by atoms with van der Waals surface area (Å²) >= 11 is 0. The lowest BCUT2D eigenvalue weighted by atomic mass is 10.0. The van der Waals surface area contributed by atoms with E-state index in [1.165, 1.54) is 0 Å². The molecule has 33 heavy (non-hydrogen) atoms. The molecule has 4 aromatic rings. The molecule has 0 bridgehead atoms. The van der Waals surface area contributed by atoms with Gasteiger partial charge in [0.15, 0.2) is 5.82 Å². The molecule has 9 nitrogen and oxygen atoms in total. The van der Waals surface area contributed by atoms with Crippen LogP contribution in [0.25, 0.3) is 10.9 Å². The molecule has 1 saturated heterocycles. The van der Waals surface area contributed by atoms with Gasteiger partial charge < -0.3 is 14.5 Å². The molecule has 0 amide bonds. The molecule has 1 aliphatic rings. The summed E-state index contributed by atoms with van der Waals surface area (Å²) in [5.74, 6) is 1.42. The van der Waals surface area contributed by atoms with Gasteiger partial charge in [-0.2, -0.15) is 0 Å². The third-order valence-electron chi connectivity index (χ3n) is 6.03. The van der Waals surface area contributed by atoms with Crippen LogP contribution in [0, 0.1) is 6.92 Å². The smallest absolute Gasteiger partial charge is 0.253 e. The number of ether oxygens (including phenoxy) is 2. The standard InChI is InChI=1S/C24H26N6O3/c1-16-3-6-18-14-20(24(31)25-21(18)13-16)22(29-9-11-33-12-10-29)23-26-27-28-30(23)15-17-4-7-19(32-2)8-5-17/h3-8,13-14,22H,9-12,15H2,1-2H3,(H,25,31)/t22-/m1/s1. The van der Waals surface area contributed by atoms with Crippen molar-refractivity contribution >= 4 is 10.9 Å².